The molecule has 4 heteroatoms. The lowest BCUT2D eigenvalue weighted by Crippen LogP contribution is -2.45. The van der Waals surface area contributed by atoms with Crippen LogP contribution in [0.4, 0.5) is 5.69 Å². The van der Waals surface area contributed by atoms with Crippen LogP contribution in [0.3, 0.4) is 0 Å². The number of nitrogens with zero attached hydrogens (tertiary/aromatic N) is 2. The number of rotatable bonds is 6. The van der Waals surface area contributed by atoms with Crippen LogP contribution in [0.15, 0.2) is 66.7 Å². The molecule has 1 aliphatic heterocycles. The van der Waals surface area contributed by atoms with Crippen molar-refractivity contribution < 1.29 is 9.53 Å². The summed E-state index contributed by atoms with van der Waals surface area (Å²) in [7, 11) is 3.59. The molecule has 1 saturated heterocycles. The number of hydrogen-bond acceptors (Lipinski definition) is 3. The number of carbonyl (C=O) groups excluding carboxylic acids is 1. The summed E-state index contributed by atoms with van der Waals surface area (Å²) in [6, 6.07) is 23.6. The zero-order valence-corrected chi connectivity index (χ0v) is 18.8. The molecule has 1 heterocycles. The maximum absolute atomic E-state index is 12.4. The van der Waals surface area contributed by atoms with Crippen LogP contribution in [0.2, 0.25) is 0 Å². The Balaban J connectivity index is 1.50. The second-order valence-corrected chi connectivity index (χ2v) is 8.72. The first-order valence-corrected chi connectivity index (χ1v) is 11.2. The van der Waals surface area contributed by atoms with E-state index in [0.717, 1.165) is 43.9 Å². The Morgan fingerprint density at radius 1 is 1.10 bits per heavy atom. The zero-order valence-electron chi connectivity index (χ0n) is 18.8. The third-order valence-corrected chi connectivity index (χ3v) is 6.35. The van der Waals surface area contributed by atoms with E-state index < -0.39 is 0 Å². The first kappa shape index (κ1) is 21.4. The van der Waals surface area contributed by atoms with Gasteiger partial charge < -0.3 is 14.5 Å². The molecule has 4 rings (SSSR count). The second kappa shape index (κ2) is 9.52. The normalized spacial score (nSPS) is 17.5. The molecule has 0 bridgehead atoms. The van der Waals surface area contributed by atoms with Crippen molar-refractivity contribution in [2.75, 3.05) is 38.8 Å². The average Bonchev–Trinajstić information content (AvgIpc) is 2.82. The number of anilines is 1. The molecule has 1 aliphatic rings. The van der Waals surface area contributed by atoms with Crippen LogP contribution in [0.1, 0.15) is 41.6 Å². The fourth-order valence-electron chi connectivity index (χ4n) is 4.59. The van der Waals surface area contributed by atoms with Crippen molar-refractivity contribution in [3.8, 4) is 0 Å². The molecule has 0 spiro atoms. The van der Waals surface area contributed by atoms with Gasteiger partial charge in [0.05, 0.1) is 19.3 Å². The lowest BCUT2D eigenvalue weighted by molar-refractivity contribution is 0.0827. The van der Waals surface area contributed by atoms with Crippen LogP contribution in [0.5, 0.6) is 0 Å². The van der Waals surface area contributed by atoms with Gasteiger partial charge >= 0.3 is 0 Å². The van der Waals surface area contributed by atoms with Crippen LogP contribution in [-0.4, -0.2) is 50.7 Å². The molecule has 1 fully saturated rings. The van der Waals surface area contributed by atoms with Crippen molar-refractivity contribution >= 4 is 22.4 Å². The van der Waals surface area contributed by atoms with E-state index in [2.05, 4.69) is 60.4 Å². The molecule has 0 aromatic heterocycles. The van der Waals surface area contributed by atoms with Gasteiger partial charge in [-0.1, -0.05) is 55.5 Å². The molecule has 4 nitrogen and oxygen atoms in total. The largest absolute Gasteiger partial charge is 0.377 e. The maximum Gasteiger partial charge on any atom is 0.253 e. The first-order chi connectivity index (χ1) is 15.0. The number of fused-ring (bicyclic) bond motifs is 1. The molecular weight excluding hydrogens is 384 g/mol. The number of morpholine rings is 1. The van der Waals surface area contributed by atoms with Crippen molar-refractivity contribution in [1.29, 1.82) is 0 Å². The van der Waals surface area contributed by atoms with E-state index in [4.69, 9.17) is 4.74 Å². The maximum atomic E-state index is 12.4. The monoisotopic (exact) mass is 416 g/mol. The van der Waals surface area contributed by atoms with E-state index in [1.54, 1.807) is 19.0 Å². The minimum atomic E-state index is 0.0382. The molecule has 0 N–H and O–H groups in total. The number of hydrogen-bond donors (Lipinski definition) is 0. The van der Waals surface area contributed by atoms with Gasteiger partial charge in [-0.2, -0.15) is 0 Å². The molecule has 2 atom stereocenters. The summed E-state index contributed by atoms with van der Waals surface area (Å²) in [5.41, 5.74) is 3.26. The van der Waals surface area contributed by atoms with E-state index in [1.807, 2.05) is 18.2 Å². The molecule has 0 radical (unpaired) electrons. The van der Waals surface area contributed by atoms with E-state index in [-0.39, 0.29) is 5.91 Å². The van der Waals surface area contributed by atoms with E-state index in [9.17, 15) is 4.79 Å². The third kappa shape index (κ3) is 4.75. The molecule has 0 aliphatic carbocycles. The molecule has 0 saturated carbocycles. The molecular formula is C27H32N2O2. The van der Waals surface area contributed by atoms with Crippen LogP contribution < -0.4 is 4.90 Å². The summed E-state index contributed by atoms with van der Waals surface area (Å²) in [5, 5.41) is 2.65. The highest BCUT2D eigenvalue weighted by Gasteiger charge is 2.25. The van der Waals surface area contributed by atoms with E-state index >= 15 is 0 Å². The van der Waals surface area contributed by atoms with Crippen molar-refractivity contribution in [2.45, 2.75) is 31.7 Å². The summed E-state index contributed by atoms with van der Waals surface area (Å²) < 4.78 is 5.84. The quantitative estimate of drug-likeness (QED) is 0.544. The van der Waals surface area contributed by atoms with Crippen LogP contribution in [0, 0.1) is 0 Å². The van der Waals surface area contributed by atoms with Gasteiger partial charge in [0, 0.05) is 31.9 Å². The van der Waals surface area contributed by atoms with Gasteiger partial charge in [-0.3, -0.25) is 4.79 Å². The summed E-state index contributed by atoms with van der Waals surface area (Å²) in [6.45, 7) is 4.63. The van der Waals surface area contributed by atoms with Crippen molar-refractivity contribution in [1.82, 2.24) is 4.90 Å². The molecule has 1 amide bonds. The van der Waals surface area contributed by atoms with Gasteiger partial charge in [-0.25, -0.2) is 0 Å². The number of amides is 1. The Hall–Kier alpha value is -2.85. The van der Waals surface area contributed by atoms with Crippen molar-refractivity contribution in [3.63, 3.8) is 0 Å². The lowest BCUT2D eigenvalue weighted by atomic mass is 9.90. The Kier molecular flexibility index (Phi) is 6.57. The number of carbonyl (C=O) groups is 1. The number of benzene rings is 3. The highest BCUT2D eigenvalue weighted by atomic mass is 16.5. The highest BCUT2D eigenvalue weighted by molar-refractivity contribution is 5.94. The second-order valence-electron chi connectivity index (χ2n) is 8.72. The summed E-state index contributed by atoms with van der Waals surface area (Å²) in [4.78, 5) is 16.5. The molecule has 162 valence electrons. The summed E-state index contributed by atoms with van der Waals surface area (Å²) >= 11 is 0. The summed E-state index contributed by atoms with van der Waals surface area (Å²) in [5.74, 6) is 0.507. The average molecular weight is 417 g/mol. The summed E-state index contributed by atoms with van der Waals surface area (Å²) in [6.07, 6.45) is 2.14. The third-order valence-electron chi connectivity index (χ3n) is 6.35. The smallest absolute Gasteiger partial charge is 0.253 e. The van der Waals surface area contributed by atoms with Gasteiger partial charge in [0.1, 0.15) is 0 Å². The Bertz CT molecular complexity index is 1040. The molecule has 1 unspecified atom stereocenters. The van der Waals surface area contributed by atoms with Gasteiger partial charge in [0.15, 0.2) is 0 Å². The van der Waals surface area contributed by atoms with Crippen molar-refractivity contribution in [2.24, 2.45) is 0 Å². The van der Waals surface area contributed by atoms with Gasteiger partial charge in [0.25, 0.3) is 5.91 Å². The zero-order chi connectivity index (χ0) is 21.8. The van der Waals surface area contributed by atoms with E-state index in [1.165, 1.54) is 16.3 Å². The highest BCUT2D eigenvalue weighted by Crippen LogP contribution is 2.31. The Morgan fingerprint density at radius 2 is 1.87 bits per heavy atom. The van der Waals surface area contributed by atoms with Crippen molar-refractivity contribution in [3.05, 3.63) is 77.9 Å². The van der Waals surface area contributed by atoms with Gasteiger partial charge in [-0.05, 0) is 53.3 Å². The molecule has 3 aromatic rings. The predicted octanol–water partition coefficient (Wildman–Crippen LogP) is 5.33. The van der Waals surface area contributed by atoms with Crippen LogP contribution in [0.25, 0.3) is 10.8 Å². The Labute approximate surface area is 185 Å². The minimum Gasteiger partial charge on any atom is -0.377 e. The van der Waals surface area contributed by atoms with Crippen LogP contribution in [-0.2, 0) is 4.74 Å². The number of ether oxygens (including phenoxy) is 1. The van der Waals surface area contributed by atoms with Crippen LogP contribution >= 0.6 is 0 Å². The van der Waals surface area contributed by atoms with Gasteiger partial charge in [0.2, 0.25) is 0 Å². The molecule has 31 heavy (non-hydrogen) atoms. The topological polar surface area (TPSA) is 32.8 Å². The Morgan fingerprint density at radius 3 is 2.71 bits per heavy atom. The fourth-order valence-corrected chi connectivity index (χ4v) is 4.59. The molecule has 3 aromatic carbocycles. The minimum absolute atomic E-state index is 0.0382. The van der Waals surface area contributed by atoms with E-state index in [0.29, 0.717) is 12.0 Å². The predicted molar refractivity (Wildman–Crippen MR) is 128 cm³/mol. The standard InChI is InChI=1S/C27H32N2O2/c1-20(25-13-7-9-21-8-4-5-12-26(21)25)14-15-24-19-31-17-16-29(24)23-11-6-10-22(18-23)27(30)28(2)3/h4-13,18,20,24H,14-17,19H2,1-3H3/t20-,24?/m0/s1. The van der Waals surface area contributed by atoms with Gasteiger partial charge in [-0.15, -0.1) is 0 Å². The fraction of sp³-hybridized carbons (Fsp3) is 0.370. The lowest BCUT2D eigenvalue weighted by Gasteiger charge is -2.38. The first-order valence-electron chi connectivity index (χ1n) is 11.2. The SMILES string of the molecule is C[C@@H](CCC1COCCN1c1cccc(C(=O)N(C)C)c1)c1cccc2ccccc12.